The van der Waals surface area contributed by atoms with E-state index < -0.39 is 6.03 Å². The maximum Gasteiger partial charge on any atom is 0.367 e. The zero-order chi connectivity index (χ0) is 15.5. The Morgan fingerprint density at radius 1 is 1.23 bits per heavy atom. The second-order valence-electron chi connectivity index (χ2n) is 5.71. The van der Waals surface area contributed by atoms with Gasteiger partial charge in [-0.2, -0.15) is 4.99 Å². The first kappa shape index (κ1) is 15.2. The van der Waals surface area contributed by atoms with Gasteiger partial charge in [-0.1, -0.05) is 36.2 Å². The van der Waals surface area contributed by atoms with Crippen LogP contribution in [0, 0.1) is 12.8 Å². The fraction of sp³-hybridized carbons (Fsp3) is 0.412. The number of aryl methyl sites for hydroxylation is 1. The molecule has 0 saturated heterocycles. The highest BCUT2D eigenvalue weighted by molar-refractivity contribution is 8.14. The molecule has 0 spiro atoms. The molecule has 5 heteroatoms. The molecule has 0 aromatic heterocycles. The van der Waals surface area contributed by atoms with E-state index in [4.69, 9.17) is 0 Å². The lowest BCUT2D eigenvalue weighted by atomic mass is 9.87. The third-order valence-corrected chi connectivity index (χ3v) is 5.12. The Bertz CT molecular complexity index is 662. The van der Waals surface area contributed by atoms with E-state index in [2.05, 4.69) is 9.98 Å². The highest BCUT2D eigenvalue weighted by Crippen LogP contribution is 2.30. The Morgan fingerprint density at radius 2 is 2.00 bits per heavy atom. The number of hydrogen-bond donors (Lipinski definition) is 0. The summed E-state index contributed by atoms with van der Waals surface area (Å²) in [5.74, 6) is 0.543. The monoisotopic (exact) mass is 314 g/mol. The number of urea groups is 1. The van der Waals surface area contributed by atoms with Crippen molar-refractivity contribution in [3.63, 3.8) is 0 Å². The topological polar surface area (TPSA) is 58.9 Å². The molecular formula is C17H18N2O2S. The maximum absolute atomic E-state index is 12.2. The molecule has 2 aliphatic rings. The quantitative estimate of drug-likeness (QED) is 0.790. The van der Waals surface area contributed by atoms with Gasteiger partial charge in [0.2, 0.25) is 0 Å². The summed E-state index contributed by atoms with van der Waals surface area (Å²) in [5, 5.41) is 0.773. The zero-order valence-electron chi connectivity index (χ0n) is 12.5. The lowest BCUT2D eigenvalue weighted by Crippen LogP contribution is -2.30. The molecule has 1 saturated carbocycles. The molecule has 1 fully saturated rings. The highest BCUT2D eigenvalue weighted by Gasteiger charge is 2.30. The van der Waals surface area contributed by atoms with Gasteiger partial charge in [0.25, 0.3) is 0 Å². The first-order valence-corrected chi connectivity index (χ1v) is 8.55. The lowest BCUT2D eigenvalue weighted by molar-refractivity contribution is 0.102. The Labute approximate surface area is 134 Å². The number of thioether (sulfide) groups is 1. The SMILES string of the molecule is Cc1ccc(C(=O)CSC2=NC(=O)N=C3CCCCC32)cc1. The summed E-state index contributed by atoms with van der Waals surface area (Å²) in [5.41, 5.74) is 2.80. The minimum atomic E-state index is -0.418. The van der Waals surface area contributed by atoms with Crippen LogP contribution in [-0.2, 0) is 0 Å². The molecule has 1 atom stereocenters. The Kier molecular flexibility index (Phi) is 4.52. The van der Waals surface area contributed by atoms with Gasteiger partial charge in [-0.05, 0) is 26.2 Å². The number of benzene rings is 1. The number of amides is 2. The Balaban J connectivity index is 1.66. The van der Waals surface area contributed by atoms with Crippen molar-refractivity contribution in [3.05, 3.63) is 35.4 Å². The van der Waals surface area contributed by atoms with Crippen LogP contribution in [0.3, 0.4) is 0 Å². The maximum atomic E-state index is 12.2. The number of aliphatic imine (C=N–C) groups is 2. The number of Topliss-reactive ketones (excluding diaryl/α,β-unsaturated/α-hetero) is 1. The van der Waals surface area contributed by atoms with Crippen LogP contribution in [0.4, 0.5) is 4.79 Å². The lowest BCUT2D eigenvalue weighted by Gasteiger charge is -2.26. The average Bonchev–Trinajstić information content (AvgIpc) is 2.52. The van der Waals surface area contributed by atoms with Crippen LogP contribution in [0.25, 0.3) is 0 Å². The molecular weight excluding hydrogens is 296 g/mol. The second-order valence-corrected chi connectivity index (χ2v) is 6.71. The number of carbonyl (C=O) groups is 2. The normalized spacial score (nSPS) is 21.0. The summed E-state index contributed by atoms with van der Waals surface area (Å²) >= 11 is 1.39. The van der Waals surface area contributed by atoms with Gasteiger partial charge in [-0.15, -0.1) is 11.8 Å². The fourth-order valence-electron chi connectivity index (χ4n) is 2.81. The van der Waals surface area contributed by atoms with E-state index in [-0.39, 0.29) is 11.7 Å². The Hall–Kier alpha value is -1.75. The molecule has 1 heterocycles. The summed E-state index contributed by atoms with van der Waals surface area (Å²) in [6, 6.07) is 7.15. The number of carbonyl (C=O) groups excluding carboxylic acids is 2. The number of ketones is 1. The fourth-order valence-corrected chi connectivity index (χ4v) is 3.85. The number of hydrogen-bond acceptors (Lipinski definition) is 3. The standard InChI is InChI=1S/C17H18N2O2S/c1-11-6-8-12(9-7-11)15(20)10-22-16-13-4-2-3-5-14(13)18-17(21)19-16/h6-9,13H,2-5,10H2,1H3. The number of nitrogens with zero attached hydrogens (tertiary/aromatic N) is 2. The largest absolute Gasteiger partial charge is 0.367 e. The predicted molar refractivity (Wildman–Crippen MR) is 90.2 cm³/mol. The first-order valence-electron chi connectivity index (χ1n) is 7.56. The van der Waals surface area contributed by atoms with Gasteiger partial charge >= 0.3 is 6.03 Å². The van der Waals surface area contributed by atoms with Gasteiger partial charge in [0, 0.05) is 17.2 Å². The molecule has 0 radical (unpaired) electrons. The van der Waals surface area contributed by atoms with Crippen LogP contribution >= 0.6 is 11.8 Å². The van der Waals surface area contributed by atoms with E-state index in [0.29, 0.717) is 11.3 Å². The van der Waals surface area contributed by atoms with Gasteiger partial charge in [0.05, 0.1) is 10.8 Å². The van der Waals surface area contributed by atoms with Gasteiger partial charge < -0.3 is 0 Å². The molecule has 1 aromatic carbocycles. The summed E-state index contributed by atoms with van der Waals surface area (Å²) in [6.45, 7) is 2.00. The van der Waals surface area contributed by atoms with Crippen LogP contribution in [0.1, 0.15) is 41.6 Å². The van der Waals surface area contributed by atoms with Gasteiger partial charge in [0.1, 0.15) is 0 Å². The number of fused-ring (bicyclic) bond motifs is 1. The molecule has 4 nitrogen and oxygen atoms in total. The van der Waals surface area contributed by atoms with Crippen molar-refractivity contribution in [1.29, 1.82) is 0 Å². The van der Waals surface area contributed by atoms with Crippen LogP contribution in [0.2, 0.25) is 0 Å². The zero-order valence-corrected chi connectivity index (χ0v) is 13.4. The molecule has 1 unspecified atom stereocenters. The summed E-state index contributed by atoms with van der Waals surface area (Å²) in [7, 11) is 0. The summed E-state index contributed by atoms with van der Waals surface area (Å²) < 4.78 is 0. The van der Waals surface area contributed by atoms with Crippen molar-refractivity contribution in [3.8, 4) is 0 Å². The van der Waals surface area contributed by atoms with E-state index in [1.807, 2.05) is 31.2 Å². The van der Waals surface area contributed by atoms with Gasteiger partial charge in [0.15, 0.2) is 5.78 Å². The predicted octanol–water partition coefficient (Wildman–Crippen LogP) is 4.07. The average molecular weight is 314 g/mol. The molecule has 3 rings (SSSR count). The van der Waals surface area contributed by atoms with Crippen molar-refractivity contribution in [2.24, 2.45) is 15.9 Å². The minimum absolute atomic E-state index is 0.0695. The highest BCUT2D eigenvalue weighted by atomic mass is 32.2. The summed E-state index contributed by atoms with van der Waals surface area (Å²) in [6.07, 6.45) is 4.07. The third-order valence-electron chi connectivity index (χ3n) is 4.05. The van der Waals surface area contributed by atoms with Crippen molar-refractivity contribution in [1.82, 2.24) is 0 Å². The molecule has 0 bridgehead atoms. The molecule has 1 aromatic rings. The second kappa shape index (κ2) is 6.57. The molecule has 22 heavy (non-hydrogen) atoms. The molecule has 0 N–H and O–H groups in total. The third kappa shape index (κ3) is 3.35. The molecule has 2 amide bonds. The first-order chi connectivity index (χ1) is 10.6. The van der Waals surface area contributed by atoms with Crippen molar-refractivity contribution >= 4 is 34.3 Å². The summed E-state index contributed by atoms with van der Waals surface area (Å²) in [4.78, 5) is 31.9. The van der Waals surface area contributed by atoms with Crippen molar-refractivity contribution < 1.29 is 9.59 Å². The van der Waals surface area contributed by atoms with E-state index in [0.717, 1.165) is 42.0 Å². The Morgan fingerprint density at radius 3 is 2.77 bits per heavy atom. The van der Waals surface area contributed by atoms with E-state index >= 15 is 0 Å². The van der Waals surface area contributed by atoms with Gasteiger partial charge in [-0.25, -0.2) is 9.79 Å². The molecule has 114 valence electrons. The van der Waals surface area contributed by atoms with E-state index in [1.54, 1.807) is 0 Å². The van der Waals surface area contributed by atoms with E-state index in [1.165, 1.54) is 11.8 Å². The van der Waals surface area contributed by atoms with Crippen LogP contribution < -0.4 is 0 Å². The van der Waals surface area contributed by atoms with Crippen LogP contribution in [0.15, 0.2) is 34.3 Å². The van der Waals surface area contributed by atoms with E-state index in [9.17, 15) is 9.59 Å². The molecule has 1 aliphatic heterocycles. The van der Waals surface area contributed by atoms with Gasteiger partial charge in [-0.3, -0.25) is 4.79 Å². The number of rotatable bonds is 3. The van der Waals surface area contributed by atoms with Crippen LogP contribution in [-0.4, -0.2) is 28.3 Å². The van der Waals surface area contributed by atoms with Crippen LogP contribution in [0.5, 0.6) is 0 Å². The van der Waals surface area contributed by atoms with Crippen molar-refractivity contribution in [2.45, 2.75) is 32.6 Å². The smallest absolute Gasteiger partial charge is 0.293 e. The molecule has 1 aliphatic carbocycles. The minimum Gasteiger partial charge on any atom is -0.293 e. The van der Waals surface area contributed by atoms with Crippen molar-refractivity contribution in [2.75, 3.05) is 5.75 Å².